The molecular weight excluding hydrogens is 376 g/mol. The van der Waals surface area contributed by atoms with Crippen LogP contribution in [0.15, 0.2) is 59.0 Å². The van der Waals surface area contributed by atoms with Crippen LogP contribution in [0.5, 0.6) is 5.75 Å². The van der Waals surface area contributed by atoms with Crippen molar-refractivity contribution in [1.82, 2.24) is 9.88 Å². The molecule has 30 heavy (non-hydrogen) atoms. The molecule has 1 fully saturated rings. The van der Waals surface area contributed by atoms with Crippen molar-refractivity contribution in [3.63, 3.8) is 0 Å². The molecule has 1 aromatic heterocycles. The molecule has 0 bridgehead atoms. The number of hydrogen-bond acceptors (Lipinski definition) is 4. The van der Waals surface area contributed by atoms with E-state index in [-0.39, 0.29) is 5.91 Å². The highest BCUT2D eigenvalue weighted by atomic mass is 16.5. The zero-order chi connectivity index (χ0) is 21.1. The van der Waals surface area contributed by atoms with Gasteiger partial charge in [0, 0.05) is 24.2 Å². The SMILES string of the molecule is Cc1oc(-c2ccc(C(=O)N3C[C@H](C)C[C@H](C)C3)cc2)nc1COc1ccccc1. The standard InChI is InChI=1S/C25H28N2O3/c1-17-13-18(2)15-27(14-17)25(28)21-11-9-20(10-12-21)24-26-23(19(3)30-24)16-29-22-7-5-4-6-8-22/h4-12,17-18H,13-16H2,1-3H3/t17-,18+. The molecule has 0 N–H and O–H groups in total. The fourth-order valence-corrected chi connectivity index (χ4v) is 4.12. The third-order valence-corrected chi connectivity index (χ3v) is 5.55. The second kappa shape index (κ2) is 8.74. The van der Waals surface area contributed by atoms with Crippen molar-refractivity contribution in [1.29, 1.82) is 0 Å². The summed E-state index contributed by atoms with van der Waals surface area (Å²) in [6.07, 6.45) is 1.18. The second-order valence-electron chi connectivity index (χ2n) is 8.36. The van der Waals surface area contributed by atoms with Gasteiger partial charge >= 0.3 is 0 Å². The Hall–Kier alpha value is -3.08. The molecular formula is C25H28N2O3. The molecule has 1 amide bonds. The summed E-state index contributed by atoms with van der Waals surface area (Å²) in [7, 11) is 0. The summed E-state index contributed by atoms with van der Waals surface area (Å²) in [4.78, 5) is 19.5. The maximum atomic E-state index is 12.9. The first-order chi connectivity index (χ1) is 14.5. The Bertz CT molecular complexity index is 985. The van der Waals surface area contributed by atoms with Gasteiger partial charge in [-0.05, 0) is 61.6 Å². The first-order valence-corrected chi connectivity index (χ1v) is 10.5. The zero-order valence-electron chi connectivity index (χ0n) is 17.8. The van der Waals surface area contributed by atoms with Crippen LogP contribution in [0.2, 0.25) is 0 Å². The molecule has 5 heteroatoms. The molecule has 5 nitrogen and oxygen atoms in total. The van der Waals surface area contributed by atoms with Crippen molar-refractivity contribution >= 4 is 5.91 Å². The van der Waals surface area contributed by atoms with Gasteiger partial charge in [-0.3, -0.25) is 4.79 Å². The number of aryl methyl sites for hydroxylation is 1. The first kappa shape index (κ1) is 20.2. The van der Waals surface area contributed by atoms with Gasteiger partial charge in [-0.15, -0.1) is 0 Å². The summed E-state index contributed by atoms with van der Waals surface area (Å²) >= 11 is 0. The zero-order valence-corrected chi connectivity index (χ0v) is 17.8. The summed E-state index contributed by atoms with van der Waals surface area (Å²) in [5, 5.41) is 0. The quantitative estimate of drug-likeness (QED) is 0.575. The molecule has 0 saturated carbocycles. The highest BCUT2D eigenvalue weighted by molar-refractivity contribution is 5.94. The lowest BCUT2D eigenvalue weighted by Gasteiger charge is -2.35. The molecule has 1 aliphatic heterocycles. The average molecular weight is 405 g/mol. The molecule has 0 spiro atoms. The van der Waals surface area contributed by atoms with Crippen LogP contribution in [0.4, 0.5) is 0 Å². The van der Waals surface area contributed by atoms with Gasteiger partial charge in [0.2, 0.25) is 5.89 Å². The third-order valence-electron chi connectivity index (χ3n) is 5.55. The number of carbonyl (C=O) groups is 1. The monoisotopic (exact) mass is 404 g/mol. The van der Waals surface area contributed by atoms with Crippen molar-refractivity contribution in [3.8, 4) is 17.2 Å². The molecule has 1 aliphatic rings. The van der Waals surface area contributed by atoms with Gasteiger partial charge in [0.25, 0.3) is 5.91 Å². The lowest BCUT2D eigenvalue weighted by molar-refractivity contribution is 0.0623. The fourth-order valence-electron chi connectivity index (χ4n) is 4.12. The smallest absolute Gasteiger partial charge is 0.253 e. The number of benzene rings is 2. The number of aromatic nitrogens is 1. The topological polar surface area (TPSA) is 55.6 Å². The van der Waals surface area contributed by atoms with Crippen LogP contribution in [-0.4, -0.2) is 28.9 Å². The minimum Gasteiger partial charge on any atom is -0.487 e. The van der Waals surface area contributed by atoms with Crippen LogP contribution < -0.4 is 4.74 Å². The molecule has 2 aromatic carbocycles. The van der Waals surface area contributed by atoms with E-state index in [1.54, 1.807) is 0 Å². The van der Waals surface area contributed by atoms with Gasteiger partial charge in [0.05, 0.1) is 0 Å². The molecule has 0 radical (unpaired) electrons. The summed E-state index contributed by atoms with van der Waals surface area (Å²) in [6, 6.07) is 17.2. The molecule has 1 saturated heterocycles. The van der Waals surface area contributed by atoms with Crippen molar-refractivity contribution in [2.24, 2.45) is 11.8 Å². The molecule has 0 aliphatic carbocycles. The van der Waals surface area contributed by atoms with E-state index in [1.807, 2.05) is 66.4 Å². The van der Waals surface area contributed by atoms with Crippen LogP contribution in [0.3, 0.4) is 0 Å². The van der Waals surface area contributed by atoms with Crippen molar-refractivity contribution in [3.05, 3.63) is 71.6 Å². The summed E-state index contributed by atoms with van der Waals surface area (Å²) in [5.41, 5.74) is 2.32. The first-order valence-electron chi connectivity index (χ1n) is 10.5. The predicted octanol–water partition coefficient (Wildman–Crippen LogP) is 5.35. The van der Waals surface area contributed by atoms with E-state index in [0.717, 1.165) is 35.9 Å². The Labute approximate surface area is 177 Å². The Morgan fingerprint density at radius 1 is 1.07 bits per heavy atom. The van der Waals surface area contributed by atoms with Gasteiger partial charge < -0.3 is 14.1 Å². The van der Waals surface area contributed by atoms with E-state index in [0.29, 0.717) is 29.9 Å². The minimum atomic E-state index is 0.0977. The van der Waals surface area contributed by atoms with Gasteiger partial charge in [0.15, 0.2) is 0 Å². The van der Waals surface area contributed by atoms with E-state index in [1.165, 1.54) is 6.42 Å². The number of rotatable bonds is 5. The highest BCUT2D eigenvalue weighted by Gasteiger charge is 2.26. The van der Waals surface area contributed by atoms with E-state index in [9.17, 15) is 4.79 Å². The van der Waals surface area contributed by atoms with Crippen molar-refractivity contribution in [2.75, 3.05) is 13.1 Å². The number of piperidine rings is 1. The summed E-state index contributed by atoms with van der Waals surface area (Å²) in [6.45, 7) is 8.31. The van der Waals surface area contributed by atoms with Crippen LogP contribution in [0.1, 0.15) is 42.1 Å². The minimum absolute atomic E-state index is 0.0977. The van der Waals surface area contributed by atoms with E-state index in [2.05, 4.69) is 18.8 Å². The van der Waals surface area contributed by atoms with Crippen molar-refractivity contribution < 1.29 is 13.9 Å². The Balaban J connectivity index is 1.44. The van der Waals surface area contributed by atoms with Crippen LogP contribution in [0, 0.1) is 18.8 Å². The van der Waals surface area contributed by atoms with E-state index in [4.69, 9.17) is 9.15 Å². The molecule has 3 aromatic rings. The van der Waals surface area contributed by atoms with E-state index >= 15 is 0 Å². The average Bonchev–Trinajstić information content (AvgIpc) is 3.12. The number of amides is 1. The molecule has 4 rings (SSSR count). The maximum Gasteiger partial charge on any atom is 0.253 e. The molecule has 156 valence electrons. The summed E-state index contributed by atoms with van der Waals surface area (Å²) in [5.74, 6) is 3.26. The number of carbonyl (C=O) groups excluding carboxylic acids is 1. The normalized spacial score (nSPS) is 19.0. The second-order valence-corrected chi connectivity index (χ2v) is 8.36. The molecule has 2 atom stereocenters. The largest absolute Gasteiger partial charge is 0.487 e. The maximum absolute atomic E-state index is 12.9. The number of nitrogens with zero attached hydrogens (tertiary/aromatic N) is 2. The van der Waals surface area contributed by atoms with E-state index < -0.39 is 0 Å². The Kier molecular flexibility index (Phi) is 5.88. The molecule has 0 unspecified atom stereocenters. The van der Waals surface area contributed by atoms with Crippen LogP contribution >= 0.6 is 0 Å². The Morgan fingerprint density at radius 2 is 1.73 bits per heavy atom. The van der Waals surface area contributed by atoms with Gasteiger partial charge in [-0.2, -0.15) is 0 Å². The number of likely N-dealkylation sites (tertiary alicyclic amines) is 1. The Morgan fingerprint density at radius 3 is 2.40 bits per heavy atom. The highest BCUT2D eigenvalue weighted by Crippen LogP contribution is 2.25. The van der Waals surface area contributed by atoms with Gasteiger partial charge in [0.1, 0.15) is 23.8 Å². The fraction of sp³-hybridized carbons (Fsp3) is 0.360. The summed E-state index contributed by atoms with van der Waals surface area (Å²) < 4.78 is 11.6. The van der Waals surface area contributed by atoms with Crippen molar-refractivity contribution in [2.45, 2.75) is 33.8 Å². The lowest BCUT2D eigenvalue weighted by atomic mass is 9.91. The van der Waals surface area contributed by atoms with Gasteiger partial charge in [-0.25, -0.2) is 4.98 Å². The number of para-hydroxylation sites is 1. The third kappa shape index (κ3) is 4.56. The number of hydrogen-bond donors (Lipinski definition) is 0. The number of ether oxygens (including phenoxy) is 1. The lowest BCUT2D eigenvalue weighted by Crippen LogP contribution is -2.42. The van der Waals surface area contributed by atoms with Gasteiger partial charge in [-0.1, -0.05) is 32.0 Å². The molecule has 2 heterocycles. The number of oxazole rings is 1. The predicted molar refractivity (Wildman–Crippen MR) is 116 cm³/mol. The van der Waals surface area contributed by atoms with Crippen LogP contribution in [0.25, 0.3) is 11.5 Å². The van der Waals surface area contributed by atoms with Crippen LogP contribution in [-0.2, 0) is 6.61 Å².